The molecule has 108 valence electrons. The molecule has 2 fully saturated rings. The second-order valence-corrected chi connectivity index (χ2v) is 6.42. The second-order valence-electron chi connectivity index (χ2n) is 6.42. The van der Waals surface area contributed by atoms with E-state index in [0.717, 1.165) is 18.8 Å². The van der Waals surface area contributed by atoms with Crippen molar-refractivity contribution in [3.63, 3.8) is 0 Å². The number of amides is 1. The molecular formula is C17H24N2O. The minimum absolute atomic E-state index is 0.0680. The Kier molecular flexibility index (Phi) is 3.79. The van der Waals surface area contributed by atoms with Crippen molar-refractivity contribution in [1.82, 2.24) is 10.2 Å². The monoisotopic (exact) mass is 272 g/mol. The Labute approximate surface area is 121 Å². The maximum Gasteiger partial charge on any atom is 0.238 e. The summed E-state index contributed by atoms with van der Waals surface area (Å²) in [7, 11) is 0. The number of hydrogen-bond donors (Lipinski definition) is 1. The zero-order chi connectivity index (χ0) is 14.1. The first-order valence-electron chi connectivity index (χ1n) is 7.76. The van der Waals surface area contributed by atoms with Crippen LogP contribution in [0.25, 0.3) is 0 Å². The smallest absolute Gasteiger partial charge is 0.238 e. The van der Waals surface area contributed by atoms with E-state index in [0.29, 0.717) is 12.6 Å². The maximum absolute atomic E-state index is 12.3. The maximum atomic E-state index is 12.3. The lowest BCUT2D eigenvalue weighted by atomic mass is 9.86. The molecule has 2 aliphatic rings. The Morgan fingerprint density at radius 3 is 2.65 bits per heavy atom. The number of carbonyl (C=O) groups is 1. The SMILES string of the molecule is Cc1ccc(C2NCC(=O)N2C2CCCC(C)C2)cc1. The van der Waals surface area contributed by atoms with E-state index < -0.39 is 0 Å². The van der Waals surface area contributed by atoms with Crippen molar-refractivity contribution in [1.29, 1.82) is 0 Å². The van der Waals surface area contributed by atoms with Crippen LogP contribution in [0.3, 0.4) is 0 Å². The highest BCUT2D eigenvalue weighted by molar-refractivity contribution is 5.81. The Balaban J connectivity index is 1.82. The second kappa shape index (κ2) is 5.57. The van der Waals surface area contributed by atoms with Crippen molar-refractivity contribution in [3.05, 3.63) is 35.4 Å². The molecule has 1 saturated carbocycles. The third kappa shape index (κ3) is 2.59. The summed E-state index contributed by atoms with van der Waals surface area (Å²) in [5.74, 6) is 0.996. The topological polar surface area (TPSA) is 32.3 Å². The molecule has 3 nitrogen and oxygen atoms in total. The van der Waals surface area contributed by atoms with Gasteiger partial charge in [-0.2, -0.15) is 0 Å². The van der Waals surface area contributed by atoms with Crippen LogP contribution in [0.2, 0.25) is 0 Å². The van der Waals surface area contributed by atoms with Gasteiger partial charge in [-0.3, -0.25) is 10.1 Å². The van der Waals surface area contributed by atoms with Crippen LogP contribution in [0.4, 0.5) is 0 Å². The third-order valence-corrected chi connectivity index (χ3v) is 4.71. The predicted molar refractivity (Wildman–Crippen MR) is 80.2 cm³/mol. The van der Waals surface area contributed by atoms with Gasteiger partial charge in [0.1, 0.15) is 6.17 Å². The van der Waals surface area contributed by atoms with Crippen LogP contribution < -0.4 is 5.32 Å². The Hall–Kier alpha value is -1.35. The number of rotatable bonds is 2. The molecule has 3 atom stereocenters. The molecule has 3 unspecified atom stereocenters. The van der Waals surface area contributed by atoms with Gasteiger partial charge in [-0.15, -0.1) is 0 Å². The summed E-state index contributed by atoms with van der Waals surface area (Å²) in [6, 6.07) is 8.95. The van der Waals surface area contributed by atoms with E-state index in [1.807, 2.05) is 0 Å². The molecule has 1 aliphatic carbocycles. The van der Waals surface area contributed by atoms with Crippen molar-refractivity contribution in [2.75, 3.05) is 6.54 Å². The third-order valence-electron chi connectivity index (χ3n) is 4.71. The number of nitrogens with one attached hydrogen (secondary N) is 1. The van der Waals surface area contributed by atoms with Gasteiger partial charge >= 0.3 is 0 Å². The first kappa shape index (κ1) is 13.6. The predicted octanol–water partition coefficient (Wildman–Crippen LogP) is 3.00. The summed E-state index contributed by atoms with van der Waals surface area (Å²) in [5, 5.41) is 3.38. The highest BCUT2D eigenvalue weighted by Gasteiger charge is 2.38. The molecular weight excluding hydrogens is 248 g/mol. The lowest BCUT2D eigenvalue weighted by Gasteiger charge is -2.37. The van der Waals surface area contributed by atoms with E-state index in [-0.39, 0.29) is 12.1 Å². The van der Waals surface area contributed by atoms with Gasteiger partial charge in [0.15, 0.2) is 0 Å². The van der Waals surface area contributed by atoms with Crippen LogP contribution in [0.1, 0.15) is 49.9 Å². The standard InChI is InChI=1S/C17H24N2O/c1-12-6-8-14(9-7-12)17-18-11-16(20)19(17)15-5-3-4-13(2)10-15/h6-9,13,15,17-18H,3-5,10-11H2,1-2H3. The lowest BCUT2D eigenvalue weighted by molar-refractivity contribution is -0.131. The Bertz CT molecular complexity index is 482. The van der Waals surface area contributed by atoms with Gasteiger partial charge in [0.25, 0.3) is 0 Å². The number of aryl methyl sites for hydroxylation is 1. The van der Waals surface area contributed by atoms with Gasteiger partial charge in [-0.25, -0.2) is 0 Å². The minimum atomic E-state index is 0.0680. The molecule has 0 bridgehead atoms. The highest BCUT2D eigenvalue weighted by Crippen LogP contribution is 2.33. The quantitative estimate of drug-likeness (QED) is 0.897. The van der Waals surface area contributed by atoms with Crippen LogP contribution in [0, 0.1) is 12.8 Å². The van der Waals surface area contributed by atoms with Crippen LogP contribution in [0.5, 0.6) is 0 Å². The summed E-state index contributed by atoms with van der Waals surface area (Å²) in [4.78, 5) is 14.4. The van der Waals surface area contributed by atoms with Crippen LogP contribution in [-0.4, -0.2) is 23.4 Å². The molecule has 1 aromatic rings. The van der Waals surface area contributed by atoms with Crippen molar-refractivity contribution in [3.8, 4) is 0 Å². The van der Waals surface area contributed by atoms with E-state index in [2.05, 4.69) is 48.3 Å². The minimum Gasteiger partial charge on any atom is -0.319 e. The Morgan fingerprint density at radius 1 is 1.20 bits per heavy atom. The first-order valence-corrected chi connectivity index (χ1v) is 7.76. The van der Waals surface area contributed by atoms with Crippen molar-refractivity contribution < 1.29 is 4.79 Å². The molecule has 3 heteroatoms. The molecule has 0 aromatic heterocycles. The molecule has 1 aromatic carbocycles. The van der Waals surface area contributed by atoms with Crippen LogP contribution in [0.15, 0.2) is 24.3 Å². The average Bonchev–Trinajstić information content (AvgIpc) is 2.81. The molecule has 1 amide bonds. The van der Waals surface area contributed by atoms with Crippen LogP contribution >= 0.6 is 0 Å². The van der Waals surface area contributed by atoms with Gasteiger partial charge in [0.2, 0.25) is 5.91 Å². The van der Waals surface area contributed by atoms with E-state index in [1.54, 1.807) is 0 Å². The van der Waals surface area contributed by atoms with Gasteiger partial charge in [0, 0.05) is 6.04 Å². The van der Waals surface area contributed by atoms with Crippen molar-refractivity contribution in [2.24, 2.45) is 5.92 Å². The lowest BCUT2D eigenvalue weighted by Crippen LogP contribution is -2.42. The number of hydrogen-bond acceptors (Lipinski definition) is 2. The average molecular weight is 272 g/mol. The zero-order valence-electron chi connectivity index (χ0n) is 12.4. The van der Waals surface area contributed by atoms with Crippen LogP contribution in [-0.2, 0) is 4.79 Å². The first-order chi connectivity index (χ1) is 9.65. The van der Waals surface area contributed by atoms with Gasteiger partial charge < -0.3 is 4.90 Å². The summed E-state index contributed by atoms with van der Waals surface area (Å²) in [5.41, 5.74) is 2.47. The molecule has 1 aliphatic heterocycles. The van der Waals surface area contributed by atoms with Gasteiger partial charge in [-0.1, -0.05) is 49.6 Å². The fraction of sp³-hybridized carbons (Fsp3) is 0.588. The summed E-state index contributed by atoms with van der Waals surface area (Å²) in [6.07, 6.45) is 4.92. The summed E-state index contributed by atoms with van der Waals surface area (Å²) in [6.45, 7) is 4.88. The fourth-order valence-corrected chi connectivity index (χ4v) is 3.61. The fourth-order valence-electron chi connectivity index (χ4n) is 3.61. The van der Waals surface area contributed by atoms with E-state index in [9.17, 15) is 4.79 Å². The van der Waals surface area contributed by atoms with E-state index in [1.165, 1.54) is 24.0 Å². The van der Waals surface area contributed by atoms with Gasteiger partial charge in [-0.05, 0) is 31.2 Å². The molecule has 1 N–H and O–H groups in total. The van der Waals surface area contributed by atoms with Crippen molar-refractivity contribution >= 4 is 5.91 Å². The largest absolute Gasteiger partial charge is 0.319 e. The number of nitrogens with zero attached hydrogens (tertiary/aromatic N) is 1. The molecule has 1 saturated heterocycles. The molecule has 3 rings (SSSR count). The summed E-state index contributed by atoms with van der Waals surface area (Å²) < 4.78 is 0. The van der Waals surface area contributed by atoms with E-state index >= 15 is 0 Å². The molecule has 1 heterocycles. The highest BCUT2D eigenvalue weighted by atomic mass is 16.2. The molecule has 20 heavy (non-hydrogen) atoms. The normalized spacial score (nSPS) is 30.8. The van der Waals surface area contributed by atoms with Gasteiger partial charge in [0.05, 0.1) is 6.54 Å². The number of benzene rings is 1. The number of carbonyl (C=O) groups excluding carboxylic acids is 1. The Morgan fingerprint density at radius 2 is 1.95 bits per heavy atom. The molecule has 0 radical (unpaired) electrons. The zero-order valence-corrected chi connectivity index (χ0v) is 12.4. The summed E-state index contributed by atoms with van der Waals surface area (Å²) >= 11 is 0. The van der Waals surface area contributed by atoms with E-state index in [4.69, 9.17) is 0 Å². The van der Waals surface area contributed by atoms with Crippen molar-refractivity contribution in [2.45, 2.75) is 51.7 Å². The molecule has 0 spiro atoms.